The molecule has 0 bridgehead atoms. The number of aryl methyl sites for hydroxylation is 1. The van der Waals surface area contributed by atoms with Crippen LogP contribution in [0.5, 0.6) is 0 Å². The lowest BCUT2D eigenvalue weighted by Gasteiger charge is -2.08. The average molecular weight is 260 g/mol. The minimum Gasteiger partial charge on any atom is -0.302 e. The van der Waals surface area contributed by atoms with Crippen LogP contribution < -0.4 is 0 Å². The molecule has 1 aromatic heterocycles. The summed E-state index contributed by atoms with van der Waals surface area (Å²) in [6, 6.07) is 0. The lowest BCUT2D eigenvalue weighted by molar-refractivity contribution is 0.389. The Labute approximate surface area is 94.7 Å². The van der Waals surface area contributed by atoms with Gasteiger partial charge in [0.05, 0.1) is 16.7 Å². The molecule has 0 fully saturated rings. The van der Waals surface area contributed by atoms with Gasteiger partial charge in [-0.25, -0.2) is 9.97 Å². The molecule has 0 N–H and O–H groups in total. The Bertz CT molecular complexity index is 274. The van der Waals surface area contributed by atoms with Gasteiger partial charge in [-0.2, -0.15) is 0 Å². The van der Waals surface area contributed by atoms with Gasteiger partial charge < -0.3 is 4.90 Å². The molecule has 0 saturated heterocycles. The molecule has 0 aliphatic carbocycles. The fraction of sp³-hybridized carbons (Fsp3) is 0.600. The molecule has 1 aromatic rings. The van der Waals surface area contributed by atoms with E-state index in [0.29, 0.717) is 0 Å². The normalized spacial score (nSPS) is 9.64. The number of hydrogen-bond acceptors (Lipinski definition) is 3. The Kier molecular flexibility index (Phi) is 6.66. The van der Waals surface area contributed by atoms with Gasteiger partial charge in [-0.1, -0.05) is 13.8 Å². The average Bonchev–Trinajstić information content (AvgIpc) is 2.14. The van der Waals surface area contributed by atoms with Crippen molar-refractivity contribution in [3.05, 3.63) is 22.2 Å². The lowest BCUT2D eigenvalue weighted by Crippen LogP contribution is -2.13. The maximum Gasteiger partial charge on any atom is 0.142 e. The summed E-state index contributed by atoms with van der Waals surface area (Å²) in [5.41, 5.74) is 0.988. The maximum absolute atomic E-state index is 4.31. The van der Waals surface area contributed by atoms with Crippen molar-refractivity contribution >= 4 is 15.9 Å². The summed E-state index contributed by atoms with van der Waals surface area (Å²) >= 11 is 3.36. The molecule has 80 valence electrons. The van der Waals surface area contributed by atoms with Crippen LogP contribution in [-0.4, -0.2) is 29.0 Å². The van der Waals surface area contributed by atoms with Crippen LogP contribution in [0.15, 0.2) is 10.7 Å². The molecular weight excluding hydrogens is 242 g/mol. The summed E-state index contributed by atoms with van der Waals surface area (Å²) in [6.07, 6.45) is 1.79. The Morgan fingerprint density at radius 3 is 2.36 bits per heavy atom. The van der Waals surface area contributed by atoms with Gasteiger partial charge in [0.2, 0.25) is 0 Å². The summed E-state index contributed by atoms with van der Waals surface area (Å²) in [6.45, 7) is 6.75. The first-order chi connectivity index (χ1) is 6.59. The third-order valence-electron chi connectivity index (χ3n) is 1.43. The fourth-order valence-corrected chi connectivity index (χ4v) is 1.05. The SMILES string of the molecule is CC.Cc1nc(CN(C)C)ncc1Br. The molecule has 0 unspecified atom stereocenters. The van der Waals surface area contributed by atoms with Crippen LogP contribution >= 0.6 is 15.9 Å². The summed E-state index contributed by atoms with van der Waals surface area (Å²) < 4.78 is 0.963. The standard InChI is InChI=1S/C8H12BrN3.C2H6/c1-6-7(9)4-10-8(11-6)5-12(2)3;1-2/h4H,5H2,1-3H3;1-2H3. The first kappa shape index (κ1) is 13.5. The van der Waals surface area contributed by atoms with E-state index in [1.165, 1.54) is 0 Å². The molecule has 3 nitrogen and oxygen atoms in total. The molecule has 0 aliphatic heterocycles. The van der Waals surface area contributed by atoms with E-state index in [9.17, 15) is 0 Å². The van der Waals surface area contributed by atoms with Crippen molar-refractivity contribution in [2.24, 2.45) is 0 Å². The van der Waals surface area contributed by atoms with Crippen LogP contribution in [0.25, 0.3) is 0 Å². The molecule has 0 atom stereocenters. The van der Waals surface area contributed by atoms with E-state index in [-0.39, 0.29) is 0 Å². The molecule has 0 aliphatic rings. The zero-order valence-electron chi connectivity index (χ0n) is 9.50. The summed E-state index contributed by atoms with van der Waals surface area (Å²) in [5, 5.41) is 0. The second kappa shape index (κ2) is 6.90. The minimum atomic E-state index is 0.786. The van der Waals surface area contributed by atoms with E-state index in [2.05, 4.69) is 25.9 Å². The molecule has 14 heavy (non-hydrogen) atoms. The molecule has 0 saturated carbocycles. The highest BCUT2D eigenvalue weighted by Crippen LogP contribution is 2.11. The number of aromatic nitrogens is 2. The van der Waals surface area contributed by atoms with Crippen molar-refractivity contribution in [3.63, 3.8) is 0 Å². The Morgan fingerprint density at radius 2 is 1.93 bits per heavy atom. The second-order valence-electron chi connectivity index (χ2n) is 2.96. The van der Waals surface area contributed by atoms with Crippen LogP contribution in [0.4, 0.5) is 0 Å². The zero-order chi connectivity index (χ0) is 11.1. The van der Waals surface area contributed by atoms with Crippen molar-refractivity contribution in [2.75, 3.05) is 14.1 Å². The third-order valence-corrected chi connectivity index (χ3v) is 2.21. The molecule has 4 heteroatoms. The van der Waals surface area contributed by atoms with Crippen molar-refractivity contribution in [1.82, 2.24) is 14.9 Å². The summed E-state index contributed by atoms with van der Waals surface area (Å²) in [5.74, 6) is 0.862. The van der Waals surface area contributed by atoms with Gasteiger partial charge in [0.15, 0.2) is 0 Å². The predicted molar refractivity (Wildman–Crippen MR) is 63.2 cm³/mol. The summed E-state index contributed by atoms with van der Waals surface area (Å²) in [4.78, 5) is 10.5. The van der Waals surface area contributed by atoms with Crippen LogP contribution in [0, 0.1) is 6.92 Å². The van der Waals surface area contributed by atoms with Gasteiger partial charge in [-0.3, -0.25) is 0 Å². The Morgan fingerprint density at radius 1 is 1.36 bits per heavy atom. The van der Waals surface area contributed by atoms with E-state index in [0.717, 1.165) is 22.5 Å². The van der Waals surface area contributed by atoms with Crippen molar-refractivity contribution in [2.45, 2.75) is 27.3 Å². The van der Waals surface area contributed by atoms with Gasteiger partial charge in [0.1, 0.15) is 5.82 Å². The first-order valence-corrected chi connectivity index (χ1v) is 5.51. The first-order valence-electron chi connectivity index (χ1n) is 4.72. The maximum atomic E-state index is 4.31. The van der Waals surface area contributed by atoms with E-state index in [4.69, 9.17) is 0 Å². The highest BCUT2D eigenvalue weighted by molar-refractivity contribution is 9.10. The molecule has 1 heterocycles. The van der Waals surface area contributed by atoms with Gasteiger partial charge >= 0.3 is 0 Å². The monoisotopic (exact) mass is 259 g/mol. The highest BCUT2D eigenvalue weighted by atomic mass is 79.9. The Balaban J connectivity index is 0.000000791. The van der Waals surface area contributed by atoms with E-state index in [1.54, 1.807) is 6.20 Å². The molecular formula is C10H18BrN3. The van der Waals surface area contributed by atoms with Crippen molar-refractivity contribution in [3.8, 4) is 0 Å². The van der Waals surface area contributed by atoms with Crippen LogP contribution in [0.3, 0.4) is 0 Å². The van der Waals surface area contributed by atoms with Gasteiger partial charge in [-0.05, 0) is 36.9 Å². The number of nitrogens with zero attached hydrogens (tertiary/aromatic N) is 3. The topological polar surface area (TPSA) is 29.0 Å². The molecule has 1 rings (SSSR count). The second-order valence-corrected chi connectivity index (χ2v) is 3.81. The largest absolute Gasteiger partial charge is 0.302 e. The van der Waals surface area contributed by atoms with Gasteiger partial charge in [0.25, 0.3) is 0 Å². The van der Waals surface area contributed by atoms with E-state index >= 15 is 0 Å². The fourth-order valence-electron chi connectivity index (χ4n) is 0.859. The van der Waals surface area contributed by atoms with E-state index in [1.807, 2.05) is 39.8 Å². The molecule has 0 spiro atoms. The molecule has 0 radical (unpaired) electrons. The van der Waals surface area contributed by atoms with Crippen LogP contribution in [0.1, 0.15) is 25.4 Å². The van der Waals surface area contributed by atoms with Crippen LogP contribution in [-0.2, 0) is 6.54 Å². The molecule has 0 amide bonds. The predicted octanol–water partition coefficient (Wildman–Crippen LogP) is 2.64. The minimum absolute atomic E-state index is 0.786. The third kappa shape index (κ3) is 4.67. The number of halogens is 1. The smallest absolute Gasteiger partial charge is 0.142 e. The molecule has 0 aromatic carbocycles. The van der Waals surface area contributed by atoms with Gasteiger partial charge in [0, 0.05) is 6.20 Å². The van der Waals surface area contributed by atoms with Gasteiger partial charge in [-0.15, -0.1) is 0 Å². The summed E-state index contributed by atoms with van der Waals surface area (Å²) in [7, 11) is 4.00. The number of hydrogen-bond donors (Lipinski definition) is 0. The van der Waals surface area contributed by atoms with E-state index < -0.39 is 0 Å². The van der Waals surface area contributed by atoms with Crippen LogP contribution in [0.2, 0.25) is 0 Å². The lowest BCUT2D eigenvalue weighted by atomic mass is 10.4. The zero-order valence-corrected chi connectivity index (χ0v) is 11.1. The quantitative estimate of drug-likeness (QED) is 0.818. The Hall–Kier alpha value is -0.480. The highest BCUT2D eigenvalue weighted by Gasteiger charge is 2.01. The van der Waals surface area contributed by atoms with Crippen molar-refractivity contribution in [1.29, 1.82) is 0 Å². The number of rotatable bonds is 2. The van der Waals surface area contributed by atoms with Crippen molar-refractivity contribution < 1.29 is 0 Å².